The van der Waals surface area contributed by atoms with Gasteiger partial charge in [-0.25, -0.2) is 0 Å². The van der Waals surface area contributed by atoms with Gasteiger partial charge in [0.05, 0.1) is 6.04 Å². The molecule has 0 N–H and O–H groups in total. The summed E-state index contributed by atoms with van der Waals surface area (Å²) in [6, 6.07) is 12.0. The first-order valence-corrected chi connectivity index (χ1v) is 12.2. The number of carbonyl (C=O) groups excluding carboxylic acids is 1. The molecule has 2 unspecified atom stereocenters. The molecule has 1 aliphatic heterocycles. The van der Waals surface area contributed by atoms with E-state index in [1.54, 1.807) is 0 Å². The van der Waals surface area contributed by atoms with Gasteiger partial charge in [0, 0.05) is 25.7 Å². The largest absolute Gasteiger partial charge is 0.462 e. The van der Waals surface area contributed by atoms with Gasteiger partial charge in [0.25, 0.3) is 6.47 Å². The van der Waals surface area contributed by atoms with E-state index >= 15 is 0 Å². The Morgan fingerprint density at radius 1 is 1.16 bits per heavy atom. The highest BCUT2D eigenvalue weighted by atomic mass is 16.5. The van der Waals surface area contributed by atoms with E-state index in [0.717, 1.165) is 13.1 Å². The molecule has 4 heteroatoms. The second kappa shape index (κ2) is 16.7. The van der Waals surface area contributed by atoms with Crippen molar-refractivity contribution in [3.8, 4) is 0 Å². The molecule has 2 atom stereocenters. The number of ether oxygens (including phenoxy) is 1. The van der Waals surface area contributed by atoms with E-state index in [2.05, 4.69) is 90.9 Å². The van der Waals surface area contributed by atoms with Gasteiger partial charge in [-0.1, -0.05) is 75.8 Å². The first-order valence-electron chi connectivity index (χ1n) is 12.2. The van der Waals surface area contributed by atoms with E-state index in [4.69, 9.17) is 0 Å². The monoisotopic (exact) mass is 444 g/mol. The van der Waals surface area contributed by atoms with E-state index in [-0.39, 0.29) is 5.60 Å². The molecule has 1 fully saturated rings. The molecule has 1 heterocycles. The van der Waals surface area contributed by atoms with Crippen LogP contribution >= 0.6 is 0 Å². The van der Waals surface area contributed by atoms with Crippen LogP contribution in [0.1, 0.15) is 79.8 Å². The van der Waals surface area contributed by atoms with Gasteiger partial charge in [0.15, 0.2) is 0 Å². The van der Waals surface area contributed by atoms with Crippen LogP contribution in [0.3, 0.4) is 0 Å². The predicted molar refractivity (Wildman–Crippen MR) is 139 cm³/mol. The number of carbonyl (C=O) groups is 1. The number of rotatable bonds is 7. The third-order valence-corrected chi connectivity index (χ3v) is 5.21. The molecule has 1 aromatic carbocycles. The summed E-state index contributed by atoms with van der Waals surface area (Å²) in [7, 11) is 2.25. The minimum absolute atomic E-state index is 0.318. The molecule has 1 saturated heterocycles. The molecule has 4 nitrogen and oxygen atoms in total. The molecule has 0 spiro atoms. The number of allylic oxidation sites excluding steroid dienone is 2. The van der Waals surface area contributed by atoms with Crippen molar-refractivity contribution in [2.24, 2.45) is 0 Å². The normalized spacial score (nSPS) is 18.8. The Morgan fingerprint density at radius 2 is 1.78 bits per heavy atom. The molecule has 182 valence electrons. The van der Waals surface area contributed by atoms with Gasteiger partial charge in [-0.15, -0.1) is 0 Å². The second-order valence-corrected chi connectivity index (χ2v) is 8.87. The van der Waals surface area contributed by atoms with Crippen molar-refractivity contribution in [1.82, 2.24) is 9.80 Å². The fourth-order valence-corrected chi connectivity index (χ4v) is 3.85. The van der Waals surface area contributed by atoms with E-state index in [9.17, 15) is 4.79 Å². The van der Waals surface area contributed by atoms with Gasteiger partial charge in [0.1, 0.15) is 5.60 Å². The molecule has 1 aromatic rings. The summed E-state index contributed by atoms with van der Waals surface area (Å²) in [5.74, 6) is 0. The number of hydrogen-bond donors (Lipinski definition) is 0. The lowest BCUT2D eigenvalue weighted by molar-refractivity contribution is -0.138. The van der Waals surface area contributed by atoms with Crippen LogP contribution < -0.4 is 0 Å². The van der Waals surface area contributed by atoms with Crippen molar-refractivity contribution >= 4 is 6.47 Å². The van der Waals surface area contributed by atoms with E-state index in [1.807, 2.05) is 34.6 Å². The number of nitrogens with zero attached hydrogens (tertiary/aromatic N) is 2. The standard InChI is InChI=1S/C21H32N2.C5H10O2.C2H6/c1-5-11-18(7-3)21(19-13-9-8-10-14-19)23-16-15-22(4)17-20(23)12-6-2;1-5(2,3)7-4-6;1-2/h5,7-11,13-14,20-21H,6,12,15-17H2,1-4H3;4H,1-3H3;1-2H3/b11-5-,18-7+;;. The van der Waals surface area contributed by atoms with Crippen LogP contribution in [-0.2, 0) is 9.53 Å². The molecule has 0 saturated carbocycles. The third-order valence-electron chi connectivity index (χ3n) is 5.21. The zero-order chi connectivity index (χ0) is 24.6. The smallest absolute Gasteiger partial charge is 0.293 e. The first kappa shape index (κ1) is 30.1. The fourth-order valence-electron chi connectivity index (χ4n) is 3.85. The lowest BCUT2D eigenvalue weighted by atomic mass is 9.92. The maximum Gasteiger partial charge on any atom is 0.293 e. The quantitative estimate of drug-likeness (QED) is 0.348. The van der Waals surface area contributed by atoms with E-state index in [1.165, 1.54) is 30.5 Å². The maximum absolute atomic E-state index is 9.60. The molecule has 1 aliphatic rings. The Hall–Kier alpha value is -1.91. The van der Waals surface area contributed by atoms with Crippen LogP contribution in [-0.4, -0.2) is 54.6 Å². The van der Waals surface area contributed by atoms with E-state index < -0.39 is 0 Å². The SMILES string of the molecule is C/C=C\C(=C/C)C(c1ccccc1)N1CCN(C)CC1CCC.CC.CC(C)(C)OC=O. The van der Waals surface area contributed by atoms with Gasteiger partial charge in [-0.3, -0.25) is 9.69 Å². The topological polar surface area (TPSA) is 32.8 Å². The van der Waals surface area contributed by atoms with Crippen LogP contribution in [0.15, 0.2) is 54.1 Å². The first-order chi connectivity index (χ1) is 15.3. The Bertz CT molecular complexity index is 662. The molecule has 32 heavy (non-hydrogen) atoms. The highest BCUT2D eigenvalue weighted by Crippen LogP contribution is 2.33. The Balaban J connectivity index is 0.000000911. The van der Waals surface area contributed by atoms with Crippen molar-refractivity contribution in [1.29, 1.82) is 0 Å². The number of piperazine rings is 1. The summed E-state index contributed by atoms with van der Waals surface area (Å²) in [4.78, 5) is 14.8. The summed E-state index contributed by atoms with van der Waals surface area (Å²) >= 11 is 0. The average Bonchev–Trinajstić information content (AvgIpc) is 2.76. The average molecular weight is 445 g/mol. The molecule has 0 amide bonds. The lowest BCUT2D eigenvalue weighted by Gasteiger charge is -2.45. The molecule has 0 bridgehead atoms. The van der Waals surface area contributed by atoms with Crippen LogP contribution in [0.5, 0.6) is 0 Å². The minimum atomic E-state index is -0.318. The zero-order valence-electron chi connectivity index (χ0n) is 22.1. The summed E-state index contributed by atoms with van der Waals surface area (Å²) in [5, 5.41) is 0. The van der Waals surface area contributed by atoms with Crippen molar-refractivity contribution in [3.63, 3.8) is 0 Å². The van der Waals surface area contributed by atoms with Gasteiger partial charge in [-0.05, 0) is 59.2 Å². The third kappa shape index (κ3) is 11.1. The summed E-state index contributed by atoms with van der Waals surface area (Å²) < 4.78 is 4.55. The van der Waals surface area contributed by atoms with Gasteiger partial charge >= 0.3 is 0 Å². The van der Waals surface area contributed by atoms with Gasteiger partial charge < -0.3 is 9.64 Å². The van der Waals surface area contributed by atoms with Crippen LogP contribution in [0.25, 0.3) is 0 Å². The Morgan fingerprint density at radius 3 is 2.22 bits per heavy atom. The molecular weight excluding hydrogens is 396 g/mol. The van der Waals surface area contributed by atoms with Crippen LogP contribution in [0.2, 0.25) is 0 Å². The van der Waals surface area contributed by atoms with Crippen molar-refractivity contribution in [2.75, 3.05) is 26.7 Å². The van der Waals surface area contributed by atoms with Crippen molar-refractivity contribution in [2.45, 2.75) is 85.9 Å². The summed E-state index contributed by atoms with van der Waals surface area (Å²) in [6.45, 7) is 19.9. The second-order valence-electron chi connectivity index (χ2n) is 8.87. The fraction of sp³-hybridized carbons (Fsp3) is 0.607. The van der Waals surface area contributed by atoms with Gasteiger partial charge in [0.2, 0.25) is 0 Å². The maximum atomic E-state index is 9.60. The minimum Gasteiger partial charge on any atom is -0.462 e. The molecule has 0 aromatic heterocycles. The summed E-state index contributed by atoms with van der Waals surface area (Å²) in [6.07, 6.45) is 9.22. The molecule has 0 aliphatic carbocycles. The highest BCUT2D eigenvalue weighted by molar-refractivity contribution is 5.38. The number of benzene rings is 1. The number of hydrogen-bond acceptors (Lipinski definition) is 4. The van der Waals surface area contributed by atoms with Crippen molar-refractivity contribution < 1.29 is 9.53 Å². The van der Waals surface area contributed by atoms with Crippen LogP contribution in [0, 0.1) is 0 Å². The highest BCUT2D eigenvalue weighted by Gasteiger charge is 2.32. The van der Waals surface area contributed by atoms with Crippen LogP contribution in [0.4, 0.5) is 0 Å². The van der Waals surface area contributed by atoms with Gasteiger partial charge in [-0.2, -0.15) is 0 Å². The molecule has 2 rings (SSSR count). The van der Waals surface area contributed by atoms with E-state index in [0.29, 0.717) is 18.6 Å². The predicted octanol–water partition coefficient (Wildman–Crippen LogP) is 6.65. The zero-order valence-corrected chi connectivity index (χ0v) is 22.1. The molecular formula is C28H48N2O2. The lowest BCUT2D eigenvalue weighted by Crippen LogP contribution is -2.53. The van der Waals surface area contributed by atoms with Crippen molar-refractivity contribution in [3.05, 3.63) is 59.7 Å². The Labute approximate surface area is 198 Å². The number of likely N-dealkylation sites (N-methyl/N-ethyl adjacent to an activating group) is 1. The Kier molecular flexibility index (Phi) is 15.7. The molecule has 0 radical (unpaired) electrons. The summed E-state index contributed by atoms with van der Waals surface area (Å²) in [5.41, 5.74) is 2.50.